The first-order chi connectivity index (χ1) is 11.9. The third kappa shape index (κ3) is 2.18. The van der Waals surface area contributed by atoms with Gasteiger partial charge >= 0.3 is 0 Å². The van der Waals surface area contributed by atoms with Crippen LogP contribution in [-0.4, -0.2) is 42.7 Å². The summed E-state index contributed by atoms with van der Waals surface area (Å²) >= 11 is 0. The zero-order valence-electron chi connectivity index (χ0n) is 14.5. The van der Waals surface area contributed by atoms with Crippen molar-refractivity contribution >= 4 is 0 Å². The Kier molecular flexibility index (Phi) is 3.39. The van der Waals surface area contributed by atoms with E-state index in [4.69, 9.17) is 9.47 Å². The summed E-state index contributed by atoms with van der Waals surface area (Å²) in [6, 6.07) is 4.88. The van der Waals surface area contributed by atoms with Crippen LogP contribution in [-0.2, 0) is 12.8 Å². The van der Waals surface area contributed by atoms with Crippen LogP contribution in [0.2, 0.25) is 0 Å². The van der Waals surface area contributed by atoms with Crippen molar-refractivity contribution in [3.63, 3.8) is 0 Å². The fourth-order valence-corrected chi connectivity index (χ4v) is 4.18. The third-order valence-electron chi connectivity index (χ3n) is 5.52. The molecule has 0 bridgehead atoms. The predicted molar refractivity (Wildman–Crippen MR) is 92.9 cm³/mol. The number of aromatic hydroxyl groups is 2. The van der Waals surface area contributed by atoms with Gasteiger partial charge in [-0.15, -0.1) is 0 Å². The summed E-state index contributed by atoms with van der Waals surface area (Å²) in [5.41, 5.74) is 4.16. The normalized spacial score (nSPS) is 23.6. The molecule has 2 aliphatic rings. The van der Waals surface area contributed by atoms with E-state index in [1.165, 1.54) is 14.2 Å². The number of hydroxylamine groups is 3. The van der Waals surface area contributed by atoms with E-state index in [1.54, 1.807) is 19.2 Å². The molecule has 25 heavy (non-hydrogen) atoms. The number of benzene rings is 2. The lowest BCUT2D eigenvalue weighted by molar-refractivity contribution is -0.894. The first-order valence-electron chi connectivity index (χ1n) is 8.26. The summed E-state index contributed by atoms with van der Waals surface area (Å²) in [6.07, 6.45) is 1.15. The highest BCUT2D eigenvalue weighted by molar-refractivity contribution is 5.84. The van der Waals surface area contributed by atoms with Gasteiger partial charge in [-0.2, -0.15) is 0 Å². The third-order valence-corrected chi connectivity index (χ3v) is 5.52. The number of methoxy groups -OCH3 is 2. The SMILES string of the molecule is COc1cc2c(cc1O)C[C@H]1c3c(cc(OC)c(O)c3-2)CC[N@@+]1(C)[O-]. The fraction of sp³-hybridized carbons (Fsp3) is 0.368. The summed E-state index contributed by atoms with van der Waals surface area (Å²) in [5, 5.41) is 34.0. The Hall–Kier alpha value is -2.44. The molecule has 1 heterocycles. The van der Waals surface area contributed by atoms with Crippen molar-refractivity contribution in [2.45, 2.75) is 18.9 Å². The minimum Gasteiger partial charge on any atom is -0.633 e. The van der Waals surface area contributed by atoms with E-state index in [9.17, 15) is 15.4 Å². The van der Waals surface area contributed by atoms with E-state index in [-0.39, 0.29) is 17.5 Å². The standard InChI is InChI=1S/C19H21NO5/c1-20(23)5-4-10-8-16(25-3)19(22)18-12-9-15(24-2)14(21)7-11(12)6-13(20)17(10)18/h7-9,13,21-22H,4-6H2,1-3H3/t13-,20+/m0/s1. The van der Waals surface area contributed by atoms with Crippen LogP contribution >= 0.6 is 0 Å². The van der Waals surface area contributed by atoms with E-state index in [0.29, 0.717) is 36.4 Å². The predicted octanol–water partition coefficient (Wildman–Crippen LogP) is 2.88. The van der Waals surface area contributed by atoms with Crippen LogP contribution < -0.4 is 9.47 Å². The van der Waals surface area contributed by atoms with Crippen molar-refractivity contribution in [2.75, 3.05) is 27.8 Å². The van der Waals surface area contributed by atoms with E-state index in [2.05, 4.69) is 0 Å². The van der Waals surface area contributed by atoms with Gasteiger partial charge in [-0.3, -0.25) is 0 Å². The number of phenolic OH excluding ortho intramolecular Hbond substituents is 2. The number of rotatable bonds is 2. The Balaban J connectivity index is 2.08. The summed E-state index contributed by atoms with van der Waals surface area (Å²) in [6.45, 7) is 0.475. The molecule has 2 N–H and O–H groups in total. The largest absolute Gasteiger partial charge is 0.633 e. The quantitative estimate of drug-likeness (QED) is 0.647. The molecule has 4 rings (SSSR count). The van der Waals surface area contributed by atoms with Gasteiger partial charge in [0.05, 0.1) is 27.8 Å². The lowest BCUT2D eigenvalue weighted by Crippen LogP contribution is -2.48. The van der Waals surface area contributed by atoms with Crippen LogP contribution in [0, 0.1) is 5.21 Å². The lowest BCUT2D eigenvalue weighted by Gasteiger charge is -2.51. The average molecular weight is 343 g/mol. The van der Waals surface area contributed by atoms with Gasteiger partial charge in [-0.1, -0.05) is 0 Å². The highest BCUT2D eigenvalue weighted by Crippen LogP contribution is 2.54. The molecule has 6 nitrogen and oxygen atoms in total. The Morgan fingerprint density at radius 2 is 1.80 bits per heavy atom. The number of nitrogens with zero attached hydrogens (tertiary/aromatic N) is 1. The minimum absolute atomic E-state index is 0.0295. The van der Waals surface area contributed by atoms with Gasteiger partial charge in [0.1, 0.15) is 6.04 Å². The monoisotopic (exact) mass is 343 g/mol. The van der Waals surface area contributed by atoms with Crippen molar-refractivity contribution in [2.24, 2.45) is 0 Å². The number of likely N-dealkylation sites (N-methyl/N-ethyl adjacent to an activating group) is 1. The zero-order chi connectivity index (χ0) is 17.9. The van der Waals surface area contributed by atoms with Crippen LogP contribution in [0.3, 0.4) is 0 Å². The molecule has 0 fully saturated rings. The van der Waals surface area contributed by atoms with Gasteiger partial charge in [0.25, 0.3) is 0 Å². The maximum absolute atomic E-state index is 13.1. The highest BCUT2D eigenvalue weighted by atomic mass is 16.5. The molecule has 2 aromatic rings. The van der Waals surface area contributed by atoms with Gasteiger partial charge in [-0.25, -0.2) is 0 Å². The highest BCUT2D eigenvalue weighted by Gasteiger charge is 2.41. The molecule has 0 saturated heterocycles. The smallest absolute Gasteiger partial charge is 0.166 e. The molecule has 0 aromatic heterocycles. The van der Waals surface area contributed by atoms with Crippen LogP contribution in [0.1, 0.15) is 22.7 Å². The molecule has 0 amide bonds. The number of ether oxygens (including phenoxy) is 2. The maximum Gasteiger partial charge on any atom is 0.166 e. The molecule has 2 aromatic carbocycles. The second kappa shape index (κ2) is 5.28. The molecule has 0 spiro atoms. The Morgan fingerprint density at radius 3 is 2.48 bits per heavy atom. The van der Waals surface area contributed by atoms with Crippen molar-refractivity contribution in [1.29, 1.82) is 0 Å². The van der Waals surface area contributed by atoms with Crippen LogP contribution in [0.4, 0.5) is 0 Å². The van der Waals surface area contributed by atoms with Crippen molar-refractivity contribution < 1.29 is 24.3 Å². The molecule has 0 radical (unpaired) electrons. The second-order valence-electron chi connectivity index (χ2n) is 6.92. The molecule has 2 atom stereocenters. The second-order valence-corrected chi connectivity index (χ2v) is 6.92. The average Bonchev–Trinajstić information content (AvgIpc) is 2.58. The van der Waals surface area contributed by atoms with E-state index < -0.39 is 4.65 Å². The summed E-state index contributed by atoms with van der Waals surface area (Å²) < 4.78 is 10.2. The lowest BCUT2D eigenvalue weighted by atomic mass is 9.76. The van der Waals surface area contributed by atoms with Crippen LogP contribution in [0.15, 0.2) is 18.2 Å². The molecule has 0 saturated carbocycles. The topological polar surface area (TPSA) is 82.0 Å². The first-order valence-corrected chi connectivity index (χ1v) is 8.26. The molecule has 0 unspecified atom stereocenters. The molecular formula is C19H21NO5. The Morgan fingerprint density at radius 1 is 1.08 bits per heavy atom. The number of hydrogen-bond donors (Lipinski definition) is 2. The number of fused-ring (bicyclic) bond motifs is 2. The maximum atomic E-state index is 13.1. The molecular weight excluding hydrogens is 322 g/mol. The number of quaternary nitrogens is 1. The summed E-state index contributed by atoms with van der Waals surface area (Å²) in [5.74, 6) is 0.794. The van der Waals surface area contributed by atoms with Crippen LogP contribution in [0.25, 0.3) is 11.1 Å². The zero-order valence-corrected chi connectivity index (χ0v) is 14.5. The van der Waals surface area contributed by atoms with Gasteiger partial charge < -0.3 is 29.5 Å². The fourth-order valence-electron chi connectivity index (χ4n) is 4.18. The van der Waals surface area contributed by atoms with Crippen molar-refractivity contribution in [1.82, 2.24) is 0 Å². The van der Waals surface area contributed by atoms with Gasteiger partial charge in [0, 0.05) is 24.0 Å². The van der Waals surface area contributed by atoms with E-state index >= 15 is 0 Å². The summed E-state index contributed by atoms with van der Waals surface area (Å²) in [7, 11) is 4.68. The van der Waals surface area contributed by atoms with E-state index in [1.807, 2.05) is 6.07 Å². The van der Waals surface area contributed by atoms with Crippen molar-refractivity contribution in [3.8, 4) is 34.1 Å². The minimum atomic E-state index is -0.391. The molecule has 1 aliphatic heterocycles. The van der Waals surface area contributed by atoms with E-state index in [0.717, 1.165) is 22.3 Å². The number of hydrogen-bond acceptors (Lipinski definition) is 5. The first kappa shape index (κ1) is 16.1. The molecule has 6 heteroatoms. The Bertz CT molecular complexity index is 875. The Labute approximate surface area is 146 Å². The van der Waals surface area contributed by atoms with Crippen molar-refractivity contribution in [3.05, 3.63) is 40.1 Å². The van der Waals surface area contributed by atoms with Gasteiger partial charge in [0.15, 0.2) is 23.0 Å². The van der Waals surface area contributed by atoms with Crippen LogP contribution in [0.5, 0.6) is 23.0 Å². The number of phenols is 2. The molecule has 132 valence electrons. The summed E-state index contributed by atoms with van der Waals surface area (Å²) in [4.78, 5) is 0. The molecule has 1 aliphatic carbocycles. The van der Waals surface area contributed by atoms with Gasteiger partial charge in [-0.05, 0) is 34.9 Å². The van der Waals surface area contributed by atoms with Gasteiger partial charge in [0.2, 0.25) is 0 Å².